The van der Waals surface area contributed by atoms with Crippen LogP contribution in [0.4, 0.5) is 37.7 Å². The topological polar surface area (TPSA) is 74.3 Å². The van der Waals surface area contributed by atoms with Crippen LogP contribution in [-0.2, 0) is 16.0 Å². The molecule has 0 spiro atoms. The standard InChI is InChI=1S/C11H10BrF3N2O.C9H10BrF3N2O/c1-7-16-9-3-2-8(12)6-10(9)17(7)4-5-18-11(13,14)15;10-6-1-2-7(14)8(5-6)15-3-4-16-9(11,12)13/h2-3,6H,4-5H2,1H3;1-2,5,15H,3-4,14H2. The Kier molecular flexibility index (Phi) is 10.0. The molecule has 3 aromatic rings. The van der Waals surface area contributed by atoms with Gasteiger partial charge in [0.15, 0.2) is 0 Å². The van der Waals surface area contributed by atoms with E-state index in [9.17, 15) is 26.3 Å². The Morgan fingerprint density at radius 3 is 2.18 bits per heavy atom. The van der Waals surface area contributed by atoms with E-state index < -0.39 is 25.9 Å². The minimum atomic E-state index is -4.59. The van der Waals surface area contributed by atoms with Crippen molar-refractivity contribution in [2.24, 2.45) is 0 Å². The van der Waals surface area contributed by atoms with Crippen LogP contribution in [0.1, 0.15) is 5.82 Å². The number of imidazole rings is 1. The van der Waals surface area contributed by atoms with E-state index >= 15 is 0 Å². The quantitative estimate of drug-likeness (QED) is 0.176. The molecule has 0 saturated heterocycles. The minimum Gasteiger partial charge on any atom is -0.397 e. The summed E-state index contributed by atoms with van der Waals surface area (Å²) in [5, 5.41) is 2.75. The summed E-state index contributed by atoms with van der Waals surface area (Å²) < 4.78 is 81.4. The number of nitrogens with zero attached hydrogens (tertiary/aromatic N) is 2. The van der Waals surface area contributed by atoms with Gasteiger partial charge in [-0.1, -0.05) is 31.9 Å². The molecule has 2 aromatic carbocycles. The van der Waals surface area contributed by atoms with Crippen LogP contribution in [0.25, 0.3) is 11.0 Å². The molecule has 1 aromatic heterocycles. The van der Waals surface area contributed by atoms with Crippen LogP contribution in [0.3, 0.4) is 0 Å². The first-order valence-corrected chi connectivity index (χ1v) is 11.2. The normalized spacial score (nSPS) is 11.9. The molecule has 0 aliphatic rings. The highest BCUT2D eigenvalue weighted by atomic mass is 79.9. The fraction of sp³-hybridized carbons (Fsp3) is 0.350. The number of nitrogen functional groups attached to an aromatic ring is 1. The summed E-state index contributed by atoms with van der Waals surface area (Å²) in [7, 11) is 0. The second-order valence-corrected chi connectivity index (χ2v) is 8.52. The summed E-state index contributed by atoms with van der Waals surface area (Å²) >= 11 is 6.55. The number of hydrogen-bond donors (Lipinski definition) is 2. The van der Waals surface area contributed by atoms with E-state index in [-0.39, 0.29) is 13.1 Å². The van der Waals surface area contributed by atoms with Gasteiger partial charge < -0.3 is 15.6 Å². The molecule has 3 N–H and O–H groups in total. The van der Waals surface area contributed by atoms with E-state index in [1.165, 1.54) is 0 Å². The van der Waals surface area contributed by atoms with Crippen LogP contribution >= 0.6 is 31.9 Å². The van der Waals surface area contributed by atoms with Crippen molar-refractivity contribution in [2.45, 2.75) is 26.2 Å². The van der Waals surface area contributed by atoms with Crippen molar-refractivity contribution in [1.82, 2.24) is 9.55 Å². The van der Waals surface area contributed by atoms with Crippen molar-refractivity contribution < 1.29 is 35.8 Å². The van der Waals surface area contributed by atoms with E-state index in [1.807, 2.05) is 18.2 Å². The van der Waals surface area contributed by atoms with Gasteiger partial charge in [0.05, 0.1) is 35.6 Å². The molecule has 0 bridgehead atoms. The summed E-state index contributed by atoms with van der Waals surface area (Å²) in [4.78, 5) is 4.27. The molecular weight excluding hydrogens is 602 g/mol. The largest absolute Gasteiger partial charge is 0.522 e. The molecule has 0 aliphatic heterocycles. The lowest BCUT2D eigenvalue weighted by atomic mass is 10.3. The van der Waals surface area contributed by atoms with Gasteiger partial charge in [-0.3, -0.25) is 9.47 Å². The zero-order valence-corrected chi connectivity index (χ0v) is 20.8. The molecular formula is C20H20Br2F6N4O2. The first-order chi connectivity index (χ1) is 15.7. The van der Waals surface area contributed by atoms with Crippen LogP contribution in [0.15, 0.2) is 45.3 Å². The zero-order valence-electron chi connectivity index (χ0n) is 17.6. The maximum Gasteiger partial charge on any atom is 0.522 e. The lowest BCUT2D eigenvalue weighted by Gasteiger charge is -2.11. The van der Waals surface area contributed by atoms with E-state index in [4.69, 9.17) is 5.73 Å². The number of fused-ring (bicyclic) bond motifs is 1. The fourth-order valence-corrected chi connectivity index (χ4v) is 3.50. The minimum absolute atomic E-state index is 0.0279. The molecule has 34 heavy (non-hydrogen) atoms. The molecule has 3 rings (SSSR count). The van der Waals surface area contributed by atoms with Gasteiger partial charge in [0.1, 0.15) is 5.82 Å². The van der Waals surface area contributed by atoms with Crippen LogP contribution in [-0.4, -0.2) is 42.0 Å². The highest BCUT2D eigenvalue weighted by molar-refractivity contribution is 9.10. The maximum atomic E-state index is 11.9. The number of aryl methyl sites for hydroxylation is 1. The van der Waals surface area contributed by atoms with Crippen molar-refractivity contribution in [1.29, 1.82) is 0 Å². The second-order valence-electron chi connectivity index (χ2n) is 6.69. The number of nitrogens with one attached hydrogen (secondary N) is 1. The predicted octanol–water partition coefficient (Wildman–Crippen LogP) is 6.62. The number of benzene rings is 2. The zero-order chi connectivity index (χ0) is 25.5. The highest BCUT2D eigenvalue weighted by Gasteiger charge is 2.29. The van der Waals surface area contributed by atoms with Crippen LogP contribution < -0.4 is 11.1 Å². The monoisotopic (exact) mass is 620 g/mol. The number of rotatable bonds is 7. The van der Waals surface area contributed by atoms with E-state index in [2.05, 4.69) is 51.6 Å². The SMILES string of the molecule is Cc1nc2ccc(Br)cc2n1CCOC(F)(F)F.Nc1ccc(Br)cc1NCCOC(F)(F)F. The third kappa shape index (κ3) is 9.68. The Balaban J connectivity index is 0.000000242. The lowest BCUT2D eigenvalue weighted by molar-refractivity contribution is -0.325. The van der Waals surface area contributed by atoms with Gasteiger partial charge in [-0.2, -0.15) is 0 Å². The maximum absolute atomic E-state index is 11.9. The predicted molar refractivity (Wildman–Crippen MR) is 123 cm³/mol. The molecule has 0 aliphatic carbocycles. The Morgan fingerprint density at radius 1 is 0.941 bits per heavy atom. The molecule has 0 atom stereocenters. The summed E-state index contributed by atoms with van der Waals surface area (Å²) in [6, 6.07) is 10.6. The summed E-state index contributed by atoms with van der Waals surface area (Å²) in [6.45, 7) is 0.998. The molecule has 0 saturated carbocycles. The van der Waals surface area contributed by atoms with Crippen LogP contribution in [0.5, 0.6) is 0 Å². The molecule has 0 unspecified atom stereocenters. The summed E-state index contributed by atoms with van der Waals surface area (Å²) in [5.74, 6) is 0.661. The molecule has 1 heterocycles. The van der Waals surface area contributed by atoms with Gasteiger partial charge in [-0.25, -0.2) is 4.98 Å². The molecule has 0 radical (unpaired) electrons. The van der Waals surface area contributed by atoms with E-state index in [1.54, 1.807) is 29.7 Å². The number of hydrogen-bond acceptors (Lipinski definition) is 5. The third-order valence-corrected chi connectivity index (χ3v) is 5.17. The highest BCUT2D eigenvalue weighted by Crippen LogP contribution is 2.24. The Morgan fingerprint density at radius 2 is 1.53 bits per heavy atom. The first-order valence-electron chi connectivity index (χ1n) is 9.58. The van der Waals surface area contributed by atoms with Gasteiger partial charge in [0, 0.05) is 22.0 Å². The van der Waals surface area contributed by atoms with Gasteiger partial charge >= 0.3 is 12.7 Å². The Hall–Kier alpha value is -2.03. The van der Waals surface area contributed by atoms with Crippen molar-refractivity contribution in [2.75, 3.05) is 30.8 Å². The number of alkyl halides is 6. The van der Waals surface area contributed by atoms with Gasteiger partial charge in [-0.15, -0.1) is 26.3 Å². The van der Waals surface area contributed by atoms with Gasteiger partial charge in [0.25, 0.3) is 0 Å². The molecule has 14 heteroatoms. The second kappa shape index (κ2) is 12.1. The van der Waals surface area contributed by atoms with E-state index in [0.29, 0.717) is 17.2 Å². The average molecular weight is 622 g/mol. The number of aromatic nitrogens is 2. The van der Waals surface area contributed by atoms with Crippen molar-refractivity contribution in [3.05, 3.63) is 51.2 Å². The van der Waals surface area contributed by atoms with E-state index in [0.717, 1.165) is 20.0 Å². The molecule has 188 valence electrons. The summed E-state index contributed by atoms with van der Waals surface area (Å²) in [5.41, 5.74) is 8.19. The smallest absolute Gasteiger partial charge is 0.397 e. The van der Waals surface area contributed by atoms with Gasteiger partial charge in [-0.05, 0) is 43.3 Å². The van der Waals surface area contributed by atoms with Crippen LogP contribution in [0.2, 0.25) is 0 Å². The average Bonchev–Trinajstić information content (AvgIpc) is 3.01. The van der Waals surface area contributed by atoms with Crippen LogP contribution in [0, 0.1) is 6.92 Å². The van der Waals surface area contributed by atoms with Gasteiger partial charge in [0.2, 0.25) is 0 Å². The summed E-state index contributed by atoms with van der Waals surface area (Å²) in [6.07, 6.45) is -9.19. The molecule has 0 amide bonds. The lowest BCUT2D eigenvalue weighted by Crippen LogP contribution is -2.19. The number of nitrogens with two attached hydrogens (primary N) is 1. The third-order valence-electron chi connectivity index (χ3n) is 4.18. The molecule has 6 nitrogen and oxygen atoms in total. The Labute approximate surface area is 207 Å². The number of anilines is 2. The Bertz CT molecular complexity index is 1090. The number of ether oxygens (including phenoxy) is 2. The van der Waals surface area contributed by atoms with Crippen molar-refractivity contribution in [3.63, 3.8) is 0 Å². The molecule has 0 fully saturated rings. The number of halogens is 8. The fourth-order valence-electron chi connectivity index (χ4n) is 2.79. The van der Waals surface area contributed by atoms with Crippen molar-refractivity contribution >= 4 is 54.3 Å². The first kappa shape index (κ1) is 28.2. The van der Waals surface area contributed by atoms with Crippen molar-refractivity contribution in [3.8, 4) is 0 Å².